The van der Waals surface area contributed by atoms with Gasteiger partial charge in [0.15, 0.2) is 0 Å². The molecule has 4 nitrogen and oxygen atoms in total. The van der Waals surface area contributed by atoms with E-state index in [0.29, 0.717) is 12.0 Å². The molecule has 142 valence electrons. The Balaban J connectivity index is 2.12. The maximum atomic E-state index is 13.2. The lowest BCUT2D eigenvalue weighted by Gasteiger charge is -2.16. The molecule has 6 heteroatoms. The van der Waals surface area contributed by atoms with Crippen molar-refractivity contribution < 1.29 is 18.4 Å². The number of benzene rings is 3. The minimum atomic E-state index is -0.771. The van der Waals surface area contributed by atoms with Gasteiger partial charge in [-0.05, 0) is 65.4 Å². The van der Waals surface area contributed by atoms with E-state index in [1.807, 2.05) is 0 Å². The molecule has 0 radical (unpaired) electrons. The molecule has 0 saturated carbocycles. The number of rotatable bonds is 6. The van der Waals surface area contributed by atoms with E-state index in [-0.39, 0.29) is 29.2 Å². The smallest absolute Gasteiger partial charge is 0.249 e. The quantitative estimate of drug-likeness (QED) is 0.687. The Bertz CT molecular complexity index is 1030. The van der Waals surface area contributed by atoms with Crippen molar-refractivity contribution in [3.63, 3.8) is 0 Å². The van der Waals surface area contributed by atoms with E-state index in [9.17, 15) is 18.4 Å². The summed E-state index contributed by atoms with van der Waals surface area (Å²) >= 11 is 0. The summed E-state index contributed by atoms with van der Waals surface area (Å²) in [5, 5.41) is 0. The molecule has 0 heterocycles. The summed E-state index contributed by atoms with van der Waals surface area (Å²) in [5.74, 6) is -2.26. The molecular formula is C22H18F2N2O2. The van der Waals surface area contributed by atoms with E-state index in [4.69, 9.17) is 11.5 Å². The molecule has 0 bridgehead atoms. The molecule has 0 aromatic heterocycles. The second-order valence-electron chi connectivity index (χ2n) is 6.46. The topological polar surface area (TPSA) is 86.2 Å². The summed E-state index contributed by atoms with van der Waals surface area (Å²) in [6.45, 7) is 0. The predicted octanol–water partition coefficient (Wildman–Crippen LogP) is 3.34. The number of carbonyl (C=O) groups is 2. The predicted molar refractivity (Wildman–Crippen MR) is 102 cm³/mol. The molecule has 0 aliphatic carbocycles. The zero-order valence-corrected chi connectivity index (χ0v) is 14.9. The Morgan fingerprint density at radius 3 is 1.64 bits per heavy atom. The van der Waals surface area contributed by atoms with Crippen LogP contribution in [0, 0.1) is 11.6 Å². The number of amides is 2. The van der Waals surface area contributed by atoms with Gasteiger partial charge in [0.05, 0.1) is 11.1 Å². The summed E-state index contributed by atoms with van der Waals surface area (Å²) in [5.41, 5.74) is 13.9. The Kier molecular flexibility index (Phi) is 5.49. The van der Waals surface area contributed by atoms with Gasteiger partial charge in [0.1, 0.15) is 11.6 Å². The summed E-state index contributed by atoms with van der Waals surface area (Å²) in [4.78, 5) is 24.0. The van der Waals surface area contributed by atoms with Crippen LogP contribution in [-0.2, 0) is 12.8 Å². The van der Waals surface area contributed by atoms with Crippen molar-refractivity contribution in [3.05, 3.63) is 106 Å². The van der Waals surface area contributed by atoms with Crippen LogP contribution in [0.2, 0.25) is 0 Å². The molecule has 0 fully saturated rings. The van der Waals surface area contributed by atoms with Gasteiger partial charge in [0.25, 0.3) is 0 Å². The van der Waals surface area contributed by atoms with Gasteiger partial charge < -0.3 is 11.5 Å². The van der Waals surface area contributed by atoms with Gasteiger partial charge >= 0.3 is 0 Å². The molecule has 3 aromatic rings. The Hall–Kier alpha value is -3.54. The fraction of sp³-hybridized carbons (Fsp3) is 0.0909. The highest BCUT2D eigenvalue weighted by Crippen LogP contribution is 2.25. The summed E-state index contributed by atoms with van der Waals surface area (Å²) < 4.78 is 26.4. The van der Waals surface area contributed by atoms with Crippen LogP contribution < -0.4 is 11.5 Å². The minimum absolute atomic E-state index is 0.0347. The van der Waals surface area contributed by atoms with Crippen LogP contribution in [0.1, 0.15) is 43.0 Å². The normalized spacial score (nSPS) is 10.6. The molecule has 0 atom stereocenters. The minimum Gasteiger partial charge on any atom is -0.366 e. The van der Waals surface area contributed by atoms with E-state index in [1.165, 1.54) is 30.3 Å². The van der Waals surface area contributed by atoms with Crippen LogP contribution in [0.5, 0.6) is 0 Å². The Morgan fingerprint density at radius 1 is 0.679 bits per heavy atom. The highest BCUT2D eigenvalue weighted by molar-refractivity contribution is 6.07. The summed E-state index contributed by atoms with van der Waals surface area (Å²) in [6.07, 6.45) is 0.659. The van der Waals surface area contributed by atoms with Crippen LogP contribution >= 0.6 is 0 Å². The molecular weight excluding hydrogens is 362 g/mol. The van der Waals surface area contributed by atoms with Crippen LogP contribution in [0.4, 0.5) is 8.78 Å². The van der Waals surface area contributed by atoms with Gasteiger partial charge in [0.2, 0.25) is 11.8 Å². The largest absolute Gasteiger partial charge is 0.366 e. The van der Waals surface area contributed by atoms with Gasteiger partial charge in [-0.3, -0.25) is 9.59 Å². The first-order valence-corrected chi connectivity index (χ1v) is 8.58. The van der Waals surface area contributed by atoms with Gasteiger partial charge in [-0.25, -0.2) is 8.78 Å². The second kappa shape index (κ2) is 8.00. The second-order valence-corrected chi connectivity index (χ2v) is 6.46. The molecule has 0 saturated heterocycles. The fourth-order valence-corrected chi connectivity index (χ4v) is 3.17. The molecule has 28 heavy (non-hydrogen) atoms. The molecule has 3 rings (SSSR count). The van der Waals surface area contributed by atoms with Crippen LogP contribution in [0.15, 0.2) is 60.7 Å². The van der Waals surface area contributed by atoms with Crippen molar-refractivity contribution in [2.45, 2.75) is 12.8 Å². The first kappa shape index (κ1) is 19.2. The van der Waals surface area contributed by atoms with E-state index >= 15 is 0 Å². The molecule has 0 unspecified atom stereocenters. The lowest BCUT2D eigenvalue weighted by Crippen LogP contribution is -2.23. The van der Waals surface area contributed by atoms with E-state index in [1.54, 1.807) is 30.3 Å². The van der Waals surface area contributed by atoms with Crippen molar-refractivity contribution in [2.24, 2.45) is 11.5 Å². The maximum Gasteiger partial charge on any atom is 0.249 e. The van der Waals surface area contributed by atoms with Crippen molar-refractivity contribution >= 4 is 11.8 Å². The van der Waals surface area contributed by atoms with Gasteiger partial charge in [0, 0.05) is 0 Å². The van der Waals surface area contributed by atoms with Crippen molar-refractivity contribution in [1.29, 1.82) is 0 Å². The summed E-state index contributed by atoms with van der Waals surface area (Å²) in [6, 6.07) is 15.0. The van der Waals surface area contributed by atoms with Crippen molar-refractivity contribution in [2.75, 3.05) is 0 Å². The van der Waals surface area contributed by atoms with Gasteiger partial charge in [-0.1, -0.05) is 30.3 Å². The van der Waals surface area contributed by atoms with Gasteiger partial charge in [-0.2, -0.15) is 0 Å². The molecule has 0 spiro atoms. The monoisotopic (exact) mass is 380 g/mol. The number of halogens is 2. The first-order chi connectivity index (χ1) is 13.3. The van der Waals surface area contributed by atoms with Crippen molar-refractivity contribution in [1.82, 2.24) is 0 Å². The van der Waals surface area contributed by atoms with Crippen LogP contribution in [0.3, 0.4) is 0 Å². The third-order valence-electron chi connectivity index (χ3n) is 4.52. The number of primary amides is 2. The number of hydrogen-bond acceptors (Lipinski definition) is 2. The molecule has 0 aliphatic heterocycles. The lowest BCUT2D eigenvalue weighted by molar-refractivity contribution is 0.0966. The molecule has 4 N–H and O–H groups in total. The highest BCUT2D eigenvalue weighted by atomic mass is 19.1. The fourth-order valence-electron chi connectivity index (χ4n) is 3.17. The molecule has 3 aromatic carbocycles. The van der Waals surface area contributed by atoms with Gasteiger partial charge in [-0.15, -0.1) is 0 Å². The van der Waals surface area contributed by atoms with E-state index in [0.717, 1.165) is 16.7 Å². The van der Waals surface area contributed by atoms with Crippen LogP contribution in [-0.4, -0.2) is 11.8 Å². The van der Waals surface area contributed by atoms with Crippen molar-refractivity contribution in [3.8, 4) is 0 Å². The van der Waals surface area contributed by atoms with E-state index in [2.05, 4.69) is 0 Å². The zero-order valence-electron chi connectivity index (χ0n) is 14.9. The third-order valence-corrected chi connectivity index (χ3v) is 4.52. The molecule has 2 amide bonds. The van der Waals surface area contributed by atoms with Crippen LogP contribution in [0.25, 0.3) is 0 Å². The standard InChI is InChI=1S/C22H18F2N2O2/c23-16-6-1-13(2-7-16)11-15-5-10-18(21(25)27)20(22(26)28)19(15)12-14-3-8-17(24)9-4-14/h1-10H,11-12H2,(H2,25,27)(H2,26,28). The lowest BCUT2D eigenvalue weighted by atomic mass is 9.88. The molecule has 0 aliphatic rings. The first-order valence-electron chi connectivity index (χ1n) is 8.58. The Morgan fingerprint density at radius 2 is 1.18 bits per heavy atom. The number of nitrogens with two attached hydrogens (primary N) is 2. The third kappa shape index (κ3) is 4.23. The summed E-state index contributed by atoms with van der Waals surface area (Å²) in [7, 11) is 0. The SMILES string of the molecule is NC(=O)c1ccc(Cc2ccc(F)cc2)c(Cc2ccc(F)cc2)c1C(N)=O. The maximum absolute atomic E-state index is 13.2. The average molecular weight is 380 g/mol. The highest BCUT2D eigenvalue weighted by Gasteiger charge is 2.21. The zero-order chi connectivity index (χ0) is 20.3. The number of carbonyl (C=O) groups excluding carboxylic acids is 2. The Labute approximate surface area is 160 Å². The number of hydrogen-bond donors (Lipinski definition) is 2. The van der Waals surface area contributed by atoms with E-state index < -0.39 is 11.8 Å². The average Bonchev–Trinajstić information content (AvgIpc) is 2.66.